The molecule has 116 valence electrons. The number of carbonyl (C=O) groups is 1. The molecule has 0 aromatic heterocycles. The quantitative estimate of drug-likeness (QED) is 0.721. The van der Waals surface area contributed by atoms with Crippen LogP contribution in [0.5, 0.6) is 0 Å². The lowest BCUT2D eigenvalue weighted by atomic mass is 9.91. The summed E-state index contributed by atoms with van der Waals surface area (Å²) >= 11 is 0. The molecule has 0 N–H and O–H groups in total. The molecule has 1 saturated heterocycles. The second kappa shape index (κ2) is 8.83. The molecule has 1 aromatic carbocycles. The van der Waals surface area contributed by atoms with Gasteiger partial charge in [0, 0.05) is 13.0 Å². The van der Waals surface area contributed by atoms with Crippen LogP contribution in [0.3, 0.4) is 0 Å². The first-order valence-corrected chi connectivity index (χ1v) is 8.20. The molecule has 1 heterocycles. The lowest BCUT2D eigenvalue weighted by Crippen LogP contribution is -2.37. The third-order valence-corrected chi connectivity index (χ3v) is 4.13. The van der Waals surface area contributed by atoms with Crippen molar-refractivity contribution in [3.8, 4) is 0 Å². The van der Waals surface area contributed by atoms with Gasteiger partial charge in [0.25, 0.3) is 0 Å². The Kier molecular flexibility index (Phi) is 6.74. The molecule has 1 fully saturated rings. The van der Waals surface area contributed by atoms with Crippen LogP contribution in [0.4, 0.5) is 0 Å². The Hall–Kier alpha value is -1.35. The lowest BCUT2D eigenvalue weighted by molar-refractivity contribution is -0.143. The number of hydrogen-bond donors (Lipinski definition) is 0. The largest absolute Gasteiger partial charge is 0.466 e. The average molecular weight is 289 g/mol. The number of piperidine rings is 1. The Bertz CT molecular complexity index is 418. The highest BCUT2D eigenvalue weighted by Crippen LogP contribution is 2.21. The van der Waals surface area contributed by atoms with Crippen molar-refractivity contribution in [2.75, 3.05) is 26.2 Å². The first-order chi connectivity index (χ1) is 10.3. The predicted molar refractivity (Wildman–Crippen MR) is 85.2 cm³/mol. The molecule has 2 rings (SSSR count). The summed E-state index contributed by atoms with van der Waals surface area (Å²) in [5.74, 6) is 0.694. The van der Waals surface area contributed by atoms with E-state index in [-0.39, 0.29) is 5.97 Å². The summed E-state index contributed by atoms with van der Waals surface area (Å²) in [5.41, 5.74) is 1.44. The van der Waals surface area contributed by atoms with Gasteiger partial charge in [-0.3, -0.25) is 4.79 Å². The van der Waals surface area contributed by atoms with Gasteiger partial charge in [0.05, 0.1) is 6.61 Å². The second-order valence-corrected chi connectivity index (χ2v) is 5.91. The number of ether oxygens (including phenoxy) is 1. The normalized spacial score (nSPS) is 19.4. The second-order valence-electron chi connectivity index (χ2n) is 5.91. The van der Waals surface area contributed by atoms with Crippen LogP contribution in [0.25, 0.3) is 0 Å². The molecule has 3 heteroatoms. The molecule has 1 unspecified atom stereocenters. The zero-order valence-corrected chi connectivity index (χ0v) is 13.1. The number of carbonyl (C=O) groups excluding carboxylic acids is 1. The highest BCUT2D eigenvalue weighted by Gasteiger charge is 2.20. The maximum atomic E-state index is 11.3. The van der Waals surface area contributed by atoms with Gasteiger partial charge in [-0.05, 0) is 57.2 Å². The fourth-order valence-corrected chi connectivity index (χ4v) is 3.15. The van der Waals surface area contributed by atoms with Crippen LogP contribution in [-0.2, 0) is 16.0 Å². The van der Waals surface area contributed by atoms with E-state index in [9.17, 15) is 4.79 Å². The maximum absolute atomic E-state index is 11.3. The first kappa shape index (κ1) is 16.0. The van der Waals surface area contributed by atoms with Gasteiger partial charge in [0.1, 0.15) is 0 Å². The Morgan fingerprint density at radius 3 is 2.90 bits per heavy atom. The summed E-state index contributed by atoms with van der Waals surface area (Å²) in [6, 6.07) is 10.8. The smallest absolute Gasteiger partial charge is 0.305 e. The van der Waals surface area contributed by atoms with Crippen molar-refractivity contribution in [2.45, 2.75) is 39.0 Å². The molecule has 0 saturated carbocycles. The van der Waals surface area contributed by atoms with Gasteiger partial charge in [-0.15, -0.1) is 0 Å². The van der Waals surface area contributed by atoms with Gasteiger partial charge in [-0.1, -0.05) is 30.3 Å². The van der Waals surface area contributed by atoms with E-state index in [1.165, 1.54) is 31.4 Å². The number of hydrogen-bond acceptors (Lipinski definition) is 3. The van der Waals surface area contributed by atoms with E-state index in [4.69, 9.17) is 4.74 Å². The van der Waals surface area contributed by atoms with Crippen LogP contribution < -0.4 is 0 Å². The average Bonchev–Trinajstić information content (AvgIpc) is 2.49. The molecule has 0 spiro atoms. The Labute approximate surface area is 128 Å². The third kappa shape index (κ3) is 5.88. The lowest BCUT2D eigenvalue weighted by Gasteiger charge is -2.32. The number of nitrogens with zero attached hydrogens (tertiary/aromatic N) is 1. The minimum absolute atomic E-state index is 0.0599. The van der Waals surface area contributed by atoms with E-state index in [1.807, 2.05) is 6.92 Å². The van der Waals surface area contributed by atoms with Gasteiger partial charge >= 0.3 is 5.97 Å². The molecule has 0 radical (unpaired) electrons. The topological polar surface area (TPSA) is 29.5 Å². The fourth-order valence-electron chi connectivity index (χ4n) is 3.15. The molecule has 0 bridgehead atoms. The van der Waals surface area contributed by atoms with Gasteiger partial charge in [0.15, 0.2) is 0 Å². The number of benzene rings is 1. The Morgan fingerprint density at radius 2 is 2.14 bits per heavy atom. The van der Waals surface area contributed by atoms with Crippen molar-refractivity contribution in [1.29, 1.82) is 0 Å². The summed E-state index contributed by atoms with van der Waals surface area (Å²) in [5, 5.41) is 0. The molecule has 1 aliphatic rings. The van der Waals surface area contributed by atoms with Crippen LogP contribution >= 0.6 is 0 Å². The van der Waals surface area contributed by atoms with Gasteiger partial charge in [-0.25, -0.2) is 0 Å². The number of likely N-dealkylation sites (tertiary alicyclic amines) is 1. The van der Waals surface area contributed by atoms with E-state index in [0.717, 1.165) is 25.4 Å². The number of esters is 1. The van der Waals surface area contributed by atoms with Crippen molar-refractivity contribution in [3.05, 3.63) is 35.9 Å². The molecular weight excluding hydrogens is 262 g/mol. The summed E-state index contributed by atoms with van der Waals surface area (Å²) < 4.78 is 4.97. The van der Waals surface area contributed by atoms with Crippen LogP contribution in [0.1, 0.15) is 38.2 Å². The highest BCUT2D eigenvalue weighted by atomic mass is 16.5. The molecule has 1 aliphatic heterocycles. The zero-order valence-electron chi connectivity index (χ0n) is 13.1. The molecule has 1 atom stereocenters. The van der Waals surface area contributed by atoms with E-state index >= 15 is 0 Å². The van der Waals surface area contributed by atoms with Crippen LogP contribution in [-0.4, -0.2) is 37.1 Å². The van der Waals surface area contributed by atoms with Crippen molar-refractivity contribution in [3.63, 3.8) is 0 Å². The summed E-state index contributed by atoms with van der Waals surface area (Å²) in [6.45, 7) is 5.70. The van der Waals surface area contributed by atoms with Gasteiger partial charge < -0.3 is 9.64 Å². The van der Waals surface area contributed by atoms with Crippen LogP contribution in [0.2, 0.25) is 0 Å². The van der Waals surface area contributed by atoms with Gasteiger partial charge in [-0.2, -0.15) is 0 Å². The predicted octanol–water partition coefficient (Wildman–Crippen LogP) is 3.28. The summed E-state index contributed by atoms with van der Waals surface area (Å²) in [7, 11) is 0. The highest BCUT2D eigenvalue weighted by molar-refractivity contribution is 5.69. The Morgan fingerprint density at radius 1 is 1.33 bits per heavy atom. The van der Waals surface area contributed by atoms with E-state index < -0.39 is 0 Å². The summed E-state index contributed by atoms with van der Waals surface area (Å²) in [4.78, 5) is 13.9. The molecule has 1 aromatic rings. The maximum Gasteiger partial charge on any atom is 0.305 e. The molecule has 3 nitrogen and oxygen atoms in total. The SMILES string of the molecule is CCOC(=O)CCCN1CCCC(Cc2ccccc2)C1. The van der Waals surface area contributed by atoms with Crippen LogP contribution in [0, 0.1) is 5.92 Å². The molecular formula is C18H27NO2. The molecule has 0 amide bonds. The molecule has 0 aliphatic carbocycles. The fraction of sp³-hybridized carbons (Fsp3) is 0.611. The van der Waals surface area contributed by atoms with Crippen molar-refractivity contribution < 1.29 is 9.53 Å². The zero-order chi connectivity index (χ0) is 14.9. The van der Waals surface area contributed by atoms with Crippen molar-refractivity contribution >= 4 is 5.97 Å². The van der Waals surface area contributed by atoms with E-state index in [2.05, 4.69) is 35.2 Å². The molecule has 21 heavy (non-hydrogen) atoms. The monoisotopic (exact) mass is 289 g/mol. The van der Waals surface area contributed by atoms with Crippen LogP contribution in [0.15, 0.2) is 30.3 Å². The van der Waals surface area contributed by atoms with Gasteiger partial charge in [0.2, 0.25) is 0 Å². The Balaban J connectivity index is 1.69. The summed E-state index contributed by atoms with van der Waals surface area (Å²) in [6.07, 6.45) is 5.24. The van der Waals surface area contributed by atoms with Crippen molar-refractivity contribution in [1.82, 2.24) is 4.90 Å². The van der Waals surface area contributed by atoms with Crippen molar-refractivity contribution in [2.24, 2.45) is 5.92 Å². The first-order valence-electron chi connectivity index (χ1n) is 8.20. The number of rotatable bonds is 7. The minimum Gasteiger partial charge on any atom is -0.466 e. The van der Waals surface area contributed by atoms with E-state index in [0.29, 0.717) is 13.0 Å². The third-order valence-electron chi connectivity index (χ3n) is 4.13. The van der Waals surface area contributed by atoms with E-state index in [1.54, 1.807) is 0 Å². The standard InChI is InChI=1S/C18H27NO2/c1-2-21-18(20)11-7-13-19-12-6-10-17(15-19)14-16-8-4-3-5-9-16/h3-5,8-9,17H,2,6-7,10-15H2,1H3. The minimum atomic E-state index is -0.0599.